The second-order valence-corrected chi connectivity index (χ2v) is 3.40. The van der Waals surface area contributed by atoms with Crippen molar-refractivity contribution in [2.75, 3.05) is 6.61 Å². The molecule has 2 aromatic rings. The van der Waals surface area contributed by atoms with Gasteiger partial charge in [0.25, 0.3) is 0 Å². The zero-order valence-corrected chi connectivity index (χ0v) is 9.48. The van der Waals surface area contributed by atoms with Crippen molar-refractivity contribution < 1.29 is 4.74 Å². The number of aromatic nitrogens is 3. The number of hydrogen-bond donors (Lipinski definition) is 0. The third kappa shape index (κ3) is 2.28. The summed E-state index contributed by atoms with van der Waals surface area (Å²) in [6, 6.07) is 1.84. The molecule has 0 bridgehead atoms. The molecule has 82 valence electrons. The predicted molar refractivity (Wildman–Crippen MR) is 61.4 cm³/mol. The molecule has 5 heteroatoms. The van der Waals surface area contributed by atoms with E-state index in [2.05, 4.69) is 15.0 Å². The van der Waals surface area contributed by atoms with Crippen molar-refractivity contribution in [1.29, 1.82) is 0 Å². The van der Waals surface area contributed by atoms with Gasteiger partial charge in [-0.1, -0.05) is 11.6 Å². The number of hydrogen-bond acceptors (Lipinski definition) is 4. The van der Waals surface area contributed by atoms with Crippen LogP contribution in [0.2, 0.25) is 5.15 Å². The van der Waals surface area contributed by atoms with Gasteiger partial charge in [0, 0.05) is 24.2 Å². The Balaban J connectivity index is 2.40. The summed E-state index contributed by atoms with van der Waals surface area (Å²) in [4.78, 5) is 12.2. The van der Waals surface area contributed by atoms with Gasteiger partial charge in [0.15, 0.2) is 5.15 Å². The van der Waals surface area contributed by atoms with Gasteiger partial charge in [-0.05, 0) is 13.0 Å². The molecular weight excluding hydrogens is 226 g/mol. The third-order valence-electron chi connectivity index (χ3n) is 1.95. The molecule has 0 amide bonds. The van der Waals surface area contributed by atoms with E-state index in [4.69, 9.17) is 16.3 Å². The SMILES string of the molecule is CCOc1cncc(-c2nccnc2Cl)c1. The van der Waals surface area contributed by atoms with Gasteiger partial charge in [-0.3, -0.25) is 9.97 Å². The normalized spacial score (nSPS) is 10.1. The van der Waals surface area contributed by atoms with E-state index in [9.17, 15) is 0 Å². The quantitative estimate of drug-likeness (QED) is 0.821. The second kappa shape index (κ2) is 4.90. The fraction of sp³-hybridized carbons (Fsp3) is 0.182. The molecule has 0 radical (unpaired) electrons. The van der Waals surface area contributed by atoms with Crippen LogP contribution in [0.3, 0.4) is 0 Å². The lowest BCUT2D eigenvalue weighted by Crippen LogP contribution is -1.94. The zero-order valence-electron chi connectivity index (χ0n) is 8.72. The largest absolute Gasteiger partial charge is 0.492 e. The van der Waals surface area contributed by atoms with Crippen LogP contribution < -0.4 is 4.74 Å². The molecule has 0 aromatic carbocycles. The molecule has 0 atom stereocenters. The third-order valence-corrected chi connectivity index (χ3v) is 2.23. The molecule has 0 aliphatic heterocycles. The van der Waals surface area contributed by atoms with Crippen molar-refractivity contribution >= 4 is 11.6 Å². The smallest absolute Gasteiger partial charge is 0.155 e. The number of pyridine rings is 1. The summed E-state index contributed by atoms with van der Waals surface area (Å²) in [6.45, 7) is 2.52. The molecule has 0 aliphatic carbocycles. The van der Waals surface area contributed by atoms with E-state index in [1.807, 2.05) is 13.0 Å². The van der Waals surface area contributed by atoms with Crippen LogP contribution in [0, 0.1) is 0 Å². The Bertz CT molecular complexity index is 490. The Morgan fingerprint density at radius 1 is 1.25 bits per heavy atom. The van der Waals surface area contributed by atoms with E-state index >= 15 is 0 Å². The number of nitrogens with zero attached hydrogens (tertiary/aromatic N) is 3. The van der Waals surface area contributed by atoms with Crippen LogP contribution in [-0.2, 0) is 0 Å². The lowest BCUT2D eigenvalue weighted by molar-refractivity contribution is 0.339. The molecule has 0 saturated carbocycles. The molecule has 2 rings (SSSR count). The second-order valence-electron chi connectivity index (χ2n) is 3.04. The van der Waals surface area contributed by atoms with E-state index in [0.29, 0.717) is 23.2 Å². The summed E-state index contributed by atoms with van der Waals surface area (Å²) in [7, 11) is 0. The summed E-state index contributed by atoms with van der Waals surface area (Å²) in [5.74, 6) is 0.696. The Labute approximate surface area is 98.3 Å². The van der Waals surface area contributed by atoms with Gasteiger partial charge < -0.3 is 4.74 Å². The minimum absolute atomic E-state index is 0.359. The van der Waals surface area contributed by atoms with Crippen molar-refractivity contribution in [2.24, 2.45) is 0 Å². The van der Waals surface area contributed by atoms with Crippen molar-refractivity contribution in [1.82, 2.24) is 15.0 Å². The first-order valence-electron chi connectivity index (χ1n) is 4.86. The summed E-state index contributed by atoms with van der Waals surface area (Å²) in [5.41, 5.74) is 1.40. The van der Waals surface area contributed by atoms with Gasteiger partial charge in [0.2, 0.25) is 0 Å². The first-order valence-corrected chi connectivity index (χ1v) is 5.23. The molecular formula is C11H10ClN3O. The number of ether oxygens (including phenoxy) is 1. The molecule has 0 saturated heterocycles. The van der Waals surface area contributed by atoms with Crippen LogP contribution in [0.4, 0.5) is 0 Å². The first kappa shape index (κ1) is 10.8. The molecule has 0 spiro atoms. The minimum Gasteiger partial charge on any atom is -0.492 e. The highest BCUT2D eigenvalue weighted by Gasteiger charge is 2.06. The highest BCUT2D eigenvalue weighted by molar-refractivity contribution is 6.31. The Morgan fingerprint density at radius 2 is 2.06 bits per heavy atom. The standard InChI is InChI=1S/C11H10ClN3O/c1-2-16-9-5-8(6-13-7-9)10-11(12)15-4-3-14-10/h3-7H,2H2,1H3. The molecule has 0 N–H and O–H groups in total. The van der Waals surface area contributed by atoms with Crippen LogP contribution in [0.15, 0.2) is 30.9 Å². The summed E-state index contributed by atoms with van der Waals surface area (Å²) < 4.78 is 5.35. The van der Waals surface area contributed by atoms with Crippen molar-refractivity contribution in [3.8, 4) is 17.0 Å². The average molecular weight is 236 g/mol. The van der Waals surface area contributed by atoms with E-state index in [1.165, 1.54) is 0 Å². The highest BCUT2D eigenvalue weighted by Crippen LogP contribution is 2.25. The van der Waals surface area contributed by atoms with Crippen molar-refractivity contribution in [2.45, 2.75) is 6.92 Å². The van der Waals surface area contributed by atoms with Gasteiger partial charge in [0.1, 0.15) is 11.4 Å². The van der Waals surface area contributed by atoms with E-state index in [-0.39, 0.29) is 0 Å². The average Bonchev–Trinajstić information content (AvgIpc) is 2.30. The summed E-state index contributed by atoms with van der Waals surface area (Å²) in [5, 5.41) is 0.359. The molecule has 2 aromatic heterocycles. The van der Waals surface area contributed by atoms with Crippen LogP contribution in [0.5, 0.6) is 5.75 Å². The molecule has 4 nitrogen and oxygen atoms in total. The van der Waals surface area contributed by atoms with Gasteiger partial charge in [0.05, 0.1) is 12.8 Å². The highest BCUT2D eigenvalue weighted by atomic mass is 35.5. The van der Waals surface area contributed by atoms with E-state index in [1.54, 1.807) is 24.8 Å². The minimum atomic E-state index is 0.359. The summed E-state index contributed by atoms with van der Waals surface area (Å²) >= 11 is 5.95. The maximum Gasteiger partial charge on any atom is 0.155 e. The van der Waals surface area contributed by atoms with Crippen LogP contribution in [0.25, 0.3) is 11.3 Å². The maximum atomic E-state index is 5.95. The Hall–Kier alpha value is -1.68. The molecule has 0 unspecified atom stereocenters. The topological polar surface area (TPSA) is 47.9 Å². The van der Waals surface area contributed by atoms with Crippen molar-refractivity contribution in [3.63, 3.8) is 0 Å². The molecule has 2 heterocycles. The summed E-state index contributed by atoms with van der Waals surface area (Å²) in [6.07, 6.45) is 6.47. The first-order chi connectivity index (χ1) is 7.81. The van der Waals surface area contributed by atoms with Gasteiger partial charge in [-0.2, -0.15) is 0 Å². The lowest BCUT2D eigenvalue weighted by Gasteiger charge is -2.05. The number of halogens is 1. The number of rotatable bonds is 3. The van der Waals surface area contributed by atoms with Crippen LogP contribution >= 0.6 is 11.6 Å². The van der Waals surface area contributed by atoms with E-state index in [0.717, 1.165) is 5.56 Å². The molecule has 0 aliphatic rings. The maximum absolute atomic E-state index is 5.95. The van der Waals surface area contributed by atoms with Gasteiger partial charge >= 0.3 is 0 Å². The molecule has 16 heavy (non-hydrogen) atoms. The fourth-order valence-corrected chi connectivity index (χ4v) is 1.52. The van der Waals surface area contributed by atoms with E-state index < -0.39 is 0 Å². The molecule has 0 fully saturated rings. The van der Waals surface area contributed by atoms with Crippen LogP contribution in [0.1, 0.15) is 6.92 Å². The Kier molecular flexibility index (Phi) is 3.31. The Morgan fingerprint density at radius 3 is 2.81 bits per heavy atom. The lowest BCUT2D eigenvalue weighted by atomic mass is 10.2. The van der Waals surface area contributed by atoms with Gasteiger partial charge in [-0.25, -0.2) is 4.98 Å². The van der Waals surface area contributed by atoms with Gasteiger partial charge in [-0.15, -0.1) is 0 Å². The zero-order chi connectivity index (χ0) is 11.4. The predicted octanol–water partition coefficient (Wildman–Crippen LogP) is 2.59. The fourth-order valence-electron chi connectivity index (χ4n) is 1.31. The monoisotopic (exact) mass is 235 g/mol. The van der Waals surface area contributed by atoms with Crippen LogP contribution in [-0.4, -0.2) is 21.6 Å². The van der Waals surface area contributed by atoms with Crippen molar-refractivity contribution in [3.05, 3.63) is 36.0 Å².